The van der Waals surface area contributed by atoms with Gasteiger partial charge in [-0.15, -0.1) is 0 Å². The number of aliphatic hydroxyl groups excluding tert-OH is 1. The molecule has 25 heavy (non-hydrogen) atoms. The molecule has 0 aliphatic carbocycles. The van der Waals surface area contributed by atoms with Crippen LogP contribution in [0.4, 0.5) is 15.8 Å². The van der Waals surface area contributed by atoms with E-state index in [0.29, 0.717) is 5.56 Å². The minimum atomic E-state index is -0.258. The zero-order chi connectivity index (χ0) is 17.8. The van der Waals surface area contributed by atoms with Crippen molar-refractivity contribution in [2.45, 2.75) is 31.9 Å². The minimum Gasteiger partial charge on any atom is -0.393 e. The first-order chi connectivity index (χ1) is 12.1. The van der Waals surface area contributed by atoms with E-state index in [1.165, 1.54) is 12.1 Å². The monoisotopic (exact) mass is 339 g/mol. The van der Waals surface area contributed by atoms with Crippen molar-refractivity contribution in [1.29, 1.82) is 5.26 Å². The topological polar surface area (TPSA) is 59.3 Å². The molecule has 1 fully saturated rings. The lowest BCUT2D eigenvalue weighted by Crippen LogP contribution is -2.36. The molecule has 1 atom stereocenters. The predicted molar refractivity (Wildman–Crippen MR) is 97.0 cm³/mol. The maximum atomic E-state index is 13.4. The standard InChI is InChI=1S/C20H22FN3O/c1-14(15-3-2-4-17(21)11-15)23-18-5-6-20(16(12-18)13-22)24-9-7-19(25)8-10-24/h2-6,11-12,14,19,23,25H,7-10H2,1H3. The lowest BCUT2D eigenvalue weighted by atomic mass is 10.0. The van der Waals surface area contributed by atoms with Crippen LogP contribution in [-0.2, 0) is 0 Å². The number of nitrogens with one attached hydrogen (secondary N) is 1. The Hall–Kier alpha value is -2.58. The van der Waals surface area contributed by atoms with Crippen LogP contribution in [-0.4, -0.2) is 24.3 Å². The van der Waals surface area contributed by atoms with Gasteiger partial charge in [0.05, 0.1) is 17.4 Å². The van der Waals surface area contributed by atoms with Gasteiger partial charge in [0.2, 0.25) is 0 Å². The minimum absolute atomic E-state index is 0.0711. The first-order valence-electron chi connectivity index (χ1n) is 8.56. The summed E-state index contributed by atoms with van der Waals surface area (Å²) in [5.41, 5.74) is 3.19. The number of rotatable bonds is 4. The summed E-state index contributed by atoms with van der Waals surface area (Å²) in [6.45, 7) is 3.46. The summed E-state index contributed by atoms with van der Waals surface area (Å²) in [6, 6.07) is 14.4. The lowest BCUT2D eigenvalue weighted by Gasteiger charge is -2.32. The Balaban J connectivity index is 1.76. The highest BCUT2D eigenvalue weighted by Gasteiger charge is 2.19. The lowest BCUT2D eigenvalue weighted by molar-refractivity contribution is 0.145. The van der Waals surface area contributed by atoms with Gasteiger partial charge in [0.25, 0.3) is 0 Å². The Morgan fingerprint density at radius 3 is 2.68 bits per heavy atom. The van der Waals surface area contributed by atoms with Crippen LogP contribution in [0.15, 0.2) is 42.5 Å². The zero-order valence-corrected chi connectivity index (χ0v) is 14.2. The number of hydrogen-bond acceptors (Lipinski definition) is 4. The fraction of sp³-hybridized carbons (Fsp3) is 0.350. The van der Waals surface area contributed by atoms with Gasteiger partial charge in [0.15, 0.2) is 0 Å². The van der Waals surface area contributed by atoms with Crippen molar-refractivity contribution < 1.29 is 9.50 Å². The molecule has 0 saturated carbocycles. The molecule has 2 N–H and O–H groups in total. The molecule has 1 unspecified atom stereocenters. The highest BCUT2D eigenvalue weighted by molar-refractivity contribution is 5.66. The van der Waals surface area contributed by atoms with Gasteiger partial charge in [-0.05, 0) is 55.7 Å². The average Bonchev–Trinajstić information content (AvgIpc) is 2.62. The predicted octanol–water partition coefficient (Wildman–Crippen LogP) is 3.83. The maximum absolute atomic E-state index is 13.4. The van der Waals surface area contributed by atoms with E-state index < -0.39 is 0 Å². The molecule has 2 aromatic carbocycles. The van der Waals surface area contributed by atoms with E-state index >= 15 is 0 Å². The molecule has 0 amide bonds. The van der Waals surface area contributed by atoms with Crippen LogP contribution in [0, 0.1) is 17.1 Å². The van der Waals surface area contributed by atoms with Crippen molar-refractivity contribution in [2.24, 2.45) is 0 Å². The van der Waals surface area contributed by atoms with Crippen LogP contribution in [0.1, 0.15) is 36.9 Å². The van der Waals surface area contributed by atoms with Crippen LogP contribution in [0.2, 0.25) is 0 Å². The Morgan fingerprint density at radius 1 is 1.24 bits per heavy atom. The summed E-state index contributed by atoms with van der Waals surface area (Å²) in [6.07, 6.45) is 1.21. The summed E-state index contributed by atoms with van der Waals surface area (Å²) in [4.78, 5) is 2.14. The molecule has 4 nitrogen and oxygen atoms in total. The molecule has 1 aliphatic heterocycles. The third-order valence-corrected chi connectivity index (χ3v) is 4.65. The third-order valence-electron chi connectivity index (χ3n) is 4.65. The number of nitriles is 1. The number of nitrogens with zero attached hydrogens (tertiary/aromatic N) is 2. The Bertz CT molecular complexity index is 779. The van der Waals surface area contributed by atoms with Gasteiger partial charge in [-0.1, -0.05) is 12.1 Å². The fourth-order valence-corrected chi connectivity index (χ4v) is 3.21. The second-order valence-electron chi connectivity index (χ2n) is 6.48. The summed E-state index contributed by atoms with van der Waals surface area (Å²) < 4.78 is 13.4. The van der Waals surface area contributed by atoms with Crippen molar-refractivity contribution in [2.75, 3.05) is 23.3 Å². The van der Waals surface area contributed by atoms with Gasteiger partial charge < -0.3 is 15.3 Å². The van der Waals surface area contributed by atoms with Crippen LogP contribution >= 0.6 is 0 Å². The number of piperidine rings is 1. The Morgan fingerprint density at radius 2 is 2.00 bits per heavy atom. The fourth-order valence-electron chi connectivity index (χ4n) is 3.21. The van der Waals surface area contributed by atoms with Gasteiger partial charge in [-0.25, -0.2) is 4.39 Å². The van der Waals surface area contributed by atoms with Gasteiger partial charge in [0.1, 0.15) is 11.9 Å². The van der Waals surface area contributed by atoms with Crippen LogP contribution in [0.5, 0.6) is 0 Å². The number of halogens is 1. The van der Waals surface area contributed by atoms with E-state index in [4.69, 9.17) is 0 Å². The second-order valence-corrected chi connectivity index (χ2v) is 6.48. The molecule has 3 rings (SSSR count). The van der Waals surface area contributed by atoms with Crippen molar-refractivity contribution in [3.63, 3.8) is 0 Å². The summed E-state index contributed by atoms with van der Waals surface area (Å²) in [7, 11) is 0. The average molecular weight is 339 g/mol. The van der Waals surface area contributed by atoms with Crippen molar-refractivity contribution in [1.82, 2.24) is 0 Å². The molecular weight excluding hydrogens is 317 g/mol. The SMILES string of the molecule is CC(Nc1ccc(N2CCC(O)CC2)c(C#N)c1)c1cccc(F)c1. The van der Waals surface area contributed by atoms with Gasteiger partial charge in [-0.2, -0.15) is 5.26 Å². The quantitative estimate of drug-likeness (QED) is 0.889. The molecule has 0 spiro atoms. The second kappa shape index (κ2) is 7.54. The first-order valence-corrected chi connectivity index (χ1v) is 8.56. The largest absolute Gasteiger partial charge is 0.393 e. The van der Waals surface area contributed by atoms with E-state index in [1.54, 1.807) is 6.07 Å². The van der Waals surface area contributed by atoms with Crippen LogP contribution in [0.3, 0.4) is 0 Å². The van der Waals surface area contributed by atoms with Gasteiger partial charge in [0, 0.05) is 24.8 Å². The molecule has 5 heteroatoms. The van der Waals surface area contributed by atoms with E-state index in [1.807, 2.05) is 31.2 Å². The molecule has 1 heterocycles. The number of anilines is 2. The van der Waals surface area contributed by atoms with Crippen LogP contribution < -0.4 is 10.2 Å². The normalized spacial score (nSPS) is 16.3. The van der Waals surface area contributed by atoms with Gasteiger partial charge >= 0.3 is 0 Å². The summed E-state index contributed by atoms with van der Waals surface area (Å²) >= 11 is 0. The van der Waals surface area contributed by atoms with E-state index in [2.05, 4.69) is 16.3 Å². The maximum Gasteiger partial charge on any atom is 0.123 e. The van der Waals surface area contributed by atoms with Gasteiger partial charge in [-0.3, -0.25) is 0 Å². The highest BCUT2D eigenvalue weighted by Crippen LogP contribution is 2.28. The molecule has 0 bridgehead atoms. The summed E-state index contributed by atoms with van der Waals surface area (Å²) in [5, 5.41) is 22.5. The summed E-state index contributed by atoms with van der Waals surface area (Å²) in [5.74, 6) is -0.258. The van der Waals surface area contributed by atoms with Crippen LogP contribution in [0.25, 0.3) is 0 Å². The molecule has 0 aromatic heterocycles. The van der Waals surface area contributed by atoms with E-state index in [-0.39, 0.29) is 18.0 Å². The number of benzene rings is 2. The zero-order valence-electron chi connectivity index (χ0n) is 14.2. The molecule has 1 aliphatic rings. The molecular formula is C20H22FN3O. The third kappa shape index (κ3) is 4.09. The molecule has 2 aromatic rings. The highest BCUT2D eigenvalue weighted by atomic mass is 19.1. The van der Waals surface area contributed by atoms with E-state index in [0.717, 1.165) is 42.9 Å². The Kier molecular flexibility index (Phi) is 5.20. The van der Waals surface area contributed by atoms with Crippen molar-refractivity contribution >= 4 is 11.4 Å². The first kappa shape index (κ1) is 17.2. The Labute approximate surface area is 147 Å². The number of hydrogen-bond donors (Lipinski definition) is 2. The van der Waals surface area contributed by atoms with E-state index in [9.17, 15) is 14.8 Å². The molecule has 1 saturated heterocycles. The molecule has 130 valence electrons. The van der Waals surface area contributed by atoms with Crippen molar-refractivity contribution in [3.05, 3.63) is 59.4 Å². The smallest absolute Gasteiger partial charge is 0.123 e. The number of aliphatic hydroxyl groups is 1. The van der Waals surface area contributed by atoms with Crippen molar-refractivity contribution in [3.8, 4) is 6.07 Å². The molecule has 0 radical (unpaired) electrons.